The molecule has 9 nitrogen and oxygen atoms in total. The third kappa shape index (κ3) is 4.98. The van der Waals surface area contributed by atoms with Crippen molar-refractivity contribution in [3.63, 3.8) is 0 Å². The summed E-state index contributed by atoms with van der Waals surface area (Å²) in [6.07, 6.45) is 5.84. The molecule has 0 saturated carbocycles. The molecule has 3 aromatic rings. The Hall–Kier alpha value is -3.62. The molecule has 0 spiro atoms. The second-order valence-corrected chi connectivity index (χ2v) is 9.09. The van der Waals surface area contributed by atoms with E-state index < -0.39 is 6.03 Å². The first kappa shape index (κ1) is 23.5. The quantitative estimate of drug-likeness (QED) is 0.407. The average Bonchev–Trinajstić information content (AvgIpc) is 3.48. The van der Waals surface area contributed by atoms with Gasteiger partial charge in [-0.25, -0.2) is 9.78 Å². The molecule has 2 atom stereocenters. The average molecular weight is 464 g/mol. The molecule has 1 saturated heterocycles. The number of nitrogens with one attached hydrogen (secondary N) is 3. The van der Waals surface area contributed by atoms with Crippen LogP contribution in [0.1, 0.15) is 59.2 Å². The number of anilines is 1. The van der Waals surface area contributed by atoms with Crippen LogP contribution in [0.15, 0.2) is 30.6 Å². The van der Waals surface area contributed by atoms with Crippen LogP contribution in [0.2, 0.25) is 0 Å². The highest BCUT2D eigenvalue weighted by atomic mass is 16.2. The van der Waals surface area contributed by atoms with Crippen LogP contribution in [0.5, 0.6) is 0 Å². The number of hydrogen-bond donors (Lipinski definition) is 4. The molecular weight excluding hydrogens is 430 g/mol. The Morgan fingerprint density at radius 1 is 1.26 bits per heavy atom. The lowest BCUT2D eigenvalue weighted by molar-refractivity contribution is 0.0953. The highest BCUT2D eigenvalue weighted by molar-refractivity contribution is 6.06. The van der Waals surface area contributed by atoms with E-state index in [2.05, 4.69) is 64.8 Å². The molecule has 34 heavy (non-hydrogen) atoms. The summed E-state index contributed by atoms with van der Waals surface area (Å²) < 4.78 is 0. The zero-order valence-electron chi connectivity index (χ0n) is 20.0. The first-order valence-electron chi connectivity index (χ1n) is 11.9. The lowest BCUT2D eigenvalue weighted by Crippen LogP contribution is -2.35. The van der Waals surface area contributed by atoms with Crippen molar-refractivity contribution in [2.75, 3.05) is 25.0 Å². The SMILES string of the molecule is CCC(CCNC(=O)c1cnc2[nH]ncc2c1N[C@H]1CCN(C(N)=O)C1)c1ccc(C)c(C)c1. The van der Waals surface area contributed by atoms with E-state index in [9.17, 15) is 9.59 Å². The smallest absolute Gasteiger partial charge is 0.314 e. The topological polar surface area (TPSA) is 129 Å². The van der Waals surface area contributed by atoms with Crippen LogP contribution in [-0.4, -0.2) is 57.7 Å². The minimum absolute atomic E-state index is 0.00574. The van der Waals surface area contributed by atoms with E-state index in [1.54, 1.807) is 17.3 Å². The maximum absolute atomic E-state index is 13.2. The first-order valence-corrected chi connectivity index (χ1v) is 11.9. The molecule has 9 heteroatoms. The van der Waals surface area contributed by atoms with Gasteiger partial charge >= 0.3 is 6.03 Å². The molecule has 3 amide bonds. The molecule has 5 N–H and O–H groups in total. The number of likely N-dealkylation sites (tertiary alicyclic amines) is 1. The third-order valence-electron chi connectivity index (χ3n) is 6.85. The third-order valence-corrected chi connectivity index (χ3v) is 6.85. The predicted molar refractivity (Wildman–Crippen MR) is 133 cm³/mol. The van der Waals surface area contributed by atoms with Crippen molar-refractivity contribution in [3.05, 3.63) is 52.8 Å². The van der Waals surface area contributed by atoms with Gasteiger partial charge in [-0.15, -0.1) is 0 Å². The molecule has 1 aliphatic heterocycles. The largest absolute Gasteiger partial charge is 0.379 e. The molecule has 180 valence electrons. The Kier molecular flexibility index (Phi) is 7.00. The number of nitrogens with zero attached hydrogens (tertiary/aromatic N) is 3. The fourth-order valence-corrected chi connectivity index (χ4v) is 4.59. The van der Waals surface area contributed by atoms with E-state index in [0.29, 0.717) is 42.5 Å². The first-order chi connectivity index (χ1) is 16.4. The van der Waals surface area contributed by atoms with Crippen molar-refractivity contribution in [3.8, 4) is 0 Å². The number of aryl methyl sites for hydroxylation is 2. The van der Waals surface area contributed by atoms with E-state index in [0.717, 1.165) is 24.6 Å². The van der Waals surface area contributed by atoms with Gasteiger partial charge in [-0.05, 0) is 55.7 Å². The van der Waals surface area contributed by atoms with E-state index in [4.69, 9.17) is 5.73 Å². The molecule has 0 aliphatic carbocycles. The summed E-state index contributed by atoms with van der Waals surface area (Å²) in [6, 6.07) is 6.17. The Bertz CT molecular complexity index is 1190. The Morgan fingerprint density at radius 2 is 2.09 bits per heavy atom. The Balaban J connectivity index is 1.46. The number of nitrogens with two attached hydrogens (primary N) is 1. The molecule has 1 unspecified atom stereocenters. The number of aromatic nitrogens is 3. The number of rotatable bonds is 8. The van der Waals surface area contributed by atoms with Crippen LogP contribution in [0.3, 0.4) is 0 Å². The zero-order chi connectivity index (χ0) is 24.2. The van der Waals surface area contributed by atoms with Gasteiger partial charge in [0.15, 0.2) is 5.65 Å². The van der Waals surface area contributed by atoms with Gasteiger partial charge in [0.2, 0.25) is 0 Å². The van der Waals surface area contributed by atoms with Crippen molar-refractivity contribution in [1.29, 1.82) is 0 Å². The lowest BCUT2D eigenvalue weighted by Gasteiger charge is -2.19. The number of amides is 3. The van der Waals surface area contributed by atoms with Gasteiger partial charge in [-0.1, -0.05) is 25.1 Å². The molecule has 2 aromatic heterocycles. The summed E-state index contributed by atoms with van der Waals surface area (Å²) in [7, 11) is 0. The van der Waals surface area contributed by atoms with Crippen LogP contribution in [0.4, 0.5) is 10.5 Å². The number of benzene rings is 1. The van der Waals surface area contributed by atoms with E-state index in [1.807, 2.05) is 0 Å². The number of H-pyrrole nitrogens is 1. The van der Waals surface area contributed by atoms with Crippen molar-refractivity contribution < 1.29 is 9.59 Å². The maximum atomic E-state index is 13.2. The number of primary amides is 1. The van der Waals surface area contributed by atoms with Crippen LogP contribution in [0.25, 0.3) is 11.0 Å². The van der Waals surface area contributed by atoms with Gasteiger partial charge in [0.25, 0.3) is 5.91 Å². The van der Waals surface area contributed by atoms with Gasteiger partial charge in [-0.2, -0.15) is 5.10 Å². The number of pyridine rings is 1. The zero-order valence-corrected chi connectivity index (χ0v) is 20.0. The highest BCUT2D eigenvalue weighted by Crippen LogP contribution is 2.28. The minimum Gasteiger partial charge on any atom is -0.379 e. The van der Waals surface area contributed by atoms with Crippen molar-refractivity contribution in [2.24, 2.45) is 5.73 Å². The standard InChI is InChI=1S/C25H33N7O2/c1-4-17(18-6-5-15(2)16(3)11-18)7-9-27-24(33)21-12-28-23-20(13-29-31-23)22(21)30-19-8-10-32(14-19)25(26)34/h5-6,11-13,17,19H,4,7-10,14H2,1-3H3,(H2,26,34)(H,27,33)(H2,28,29,30,31)/t17?,19-/m0/s1. The van der Waals surface area contributed by atoms with Gasteiger partial charge in [-0.3, -0.25) is 9.89 Å². The molecular formula is C25H33N7O2. The fourth-order valence-electron chi connectivity index (χ4n) is 4.59. The second kappa shape index (κ2) is 10.1. The number of hydrogen-bond acceptors (Lipinski definition) is 5. The van der Waals surface area contributed by atoms with E-state index >= 15 is 0 Å². The summed E-state index contributed by atoms with van der Waals surface area (Å²) in [5.41, 5.74) is 11.0. The molecule has 1 aliphatic rings. The summed E-state index contributed by atoms with van der Waals surface area (Å²) in [4.78, 5) is 30.7. The molecule has 1 fully saturated rings. The maximum Gasteiger partial charge on any atom is 0.314 e. The Morgan fingerprint density at radius 3 is 2.79 bits per heavy atom. The molecule has 0 bridgehead atoms. The number of carbonyl (C=O) groups excluding carboxylic acids is 2. The number of carbonyl (C=O) groups is 2. The second-order valence-electron chi connectivity index (χ2n) is 9.09. The van der Waals surface area contributed by atoms with E-state index in [1.165, 1.54) is 16.7 Å². The number of fused-ring (bicyclic) bond motifs is 1. The predicted octanol–water partition coefficient (Wildman–Crippen LogP) is 3.45. The van der Waals surface area contributed by atoms with Crippen LogP contribution in [0, 0.1) is 13.8 Å². The van der Waals surface area contributed by atoms with Crippen molar-refractivity contribution in [2.45, 2.75) is 52.0 Å². The summed E-state index contributed by atoms with van der Waals surface area (Å²) in [6.45, 7) is 8.07. The van der Waals surface area contributed by atoms with Crippen LogP contribution < -0.4 is 16.4 Å². The van der Waals surface area contributed by atoms with Crippen LogP contribution in [-0.2, 0) is 0 Å². The lowest BCUT2D eigenvalue weighted by atomic mass is 9.91. The van der Waals surface area contributed by atoms with Crippen molar-refractivity contribution in [1.82, 2.24) is 25.4 Å². The summed E-state index contributed by atoms with van der Waals surface area (Å²) in [5, 5.41) is 14.2. The normalized spacial score (nSPS) is 16.6. The molecule has 3 heterocycles. The van der Waals surface area contributed by atoms with Gasteiger partial charge in [0, 0.05) is 31.9 Å². The van der Waals surface area contributed by atoms with Crippen molar-refractivity contribution >= 4 is 28.7 Å². The molecule has 4 rings (SSSR count). The van der Waals surface area contributed by atoms with E-state index in [-0.39, 0.29) is 11.9 Å². The number of urea groups is 1. The van der Waals surface area contributed by atoms with Gasteiger partial charge in [0.1, 0.15) is 0 Å². The highest BCUT2D eigenvalue weighted by Gasteiger charge is 2.27. The number of aromatic amines is 1. The minimum atomic E-state index is -0.431. The fraction of sp³-hybridized carbons (Fsp3) is 0.440. The monoisotopic (exact) mass is 463 g/mol. The van der Waals surface area contributed by atoms with Gasteiger partial charge in [0.05, 0.1) is 22.8 Å². The molecule has 1 aromatic carbocycles. The summed E-state index contributed by atoms with van der Waals surface area (Å²) >= 11 is 0. The van der Waals surface area contributed by atoms with Gasteiger partial charge < -0.3 is 21.3 Å². The summed E-state index contributed by atoms with van der Waals surface area (Å²) in [5.74, 6) is 0.197. The molecule has 0 radical (unpaired) electrons. The van der Waals surface area contributed by atoms with Crippen LogP contribution >= 0.6 is 0 Å². The Labute approximate surface area is 199 Å².